The lowest BCUT2D eigenvalue weighted by Gasteiger charge is -2.15. The maximum absolute atomic E-state index is 11.4. The van der Waals surface area contributed by atoms with Gasteiger partial charge in [-0.25, -0.2) is 9.59 Å². The standard InChI is InChI=1S/C11H18O7/c1-6(17-10(14)7(2)12)5-9(13)18-8(3)11(15)16-4/h6-8,12H,5H2,1-4H3/t6-,7-,8-/m1/s1. The molecular formula is C11H18O7. The van der Waals surface area contributed by atoms with E-state index in [-0.39, 0.29) is 6.42 Å². The van der Waals surface area contributed by atoms with Crippen molar-refractivity contribution in [2.24, 2.45) is 0 Å². The molecule has 18 heavy (non-hydrogen) atoms. The fourth-order valence-corrected chi connectivity index (χ4v) is 1.03. The Morgan fingerprint density at radius 1 is 1.06 bits per heavy atom. The summed E-state index contributed by atoms with van der Waals surface area (Å²) < 4.78 is 13.9. The Bertz CT molecular complexity index is 311. The molecule has 0 aliphatic rings. The number of esters is 3. The van der Waals surface area contributed by atoms with Crippen LogP contribution in [0.15, 0.2) is 0 Å². The SMILES string of the molecule is COC(=O)[C@@H](C)OC(=O)C[C@@H](C)OC(=O)[C@@H](C)O. The van der Waals surface area contributed by atoms with Gasteiger partial charge in [0.25, 0.3) is 0 Å². The third-order valence-corrected chi connectivity index (χ3v) is 1.95. The number of aliphatic hydroxyl groups excluding tert-OH is 1. The van der Waals surface area contributed by atoms with Crippen LogP contribution in [0, 0.1) is 0 Å². The van der Waals surface area contributed by atoms with Gasteiger partial charge in [0.1, 0.15) is 12.2 Å². The van der Waals surface area contributed by atoms with Gasteiger partial charge in [0.2, 0.25) is 0 Å². The lowest BCUT2D eigenvalue weighted by Crippen LogP contribution is -2.29. The van der Waals surface area contributed by atoms with Crippen LogP contribution in [0.1, 0.15) is 27.2 Å². The van der Waals surface area contributed by atoms with Crippen LogP contribution in [0.3, 0.4) is 0 Å². The molecule has 7 heteroatoms. The number of ether oxygens (including phenoxy) is 3. The van der Waals surface area contributed by atoms with Gasteiger partial charge in [-0.1, -0.05) is 0 Å². The fourth-order valence-electron chi connectivity index (χ4n) is 1.03. The molecule has 0 unspecified atom stereocenters. The normalized spacial score (nSPS) is 15.2. The van der Waals surface area contributed by atoms with Crippen molar-refractivity contribution in [3.8, 4) is 0 Å². The first kappa shape index (κ1) is 16.4. The third-order valence-electron chi connectivity index (χ3n) is 1.95. The Morgan fingerprint density at radius 3 is 2.06 bits per heavy atom. The van der Waals surface area contributed by atoms with E-state index in [0.29, 0.717) is 0 Å². The summed E-state index contributed by atoms with van der Waals surface area (Å²) in [5.74, 6) is -2.19. The van der Waals surface area contributed by atoms with Gasteiger partial charge in [0, 0.05) is 0 Å². The molecule has 104 valence electrons. The first-order valence-electron chi connectivity index (χ1n) is 5.43. The van der Waals surface area contributed by atoms with E-state index in [0.717, 1.165) is 0 Å². The van der Waals surface area contributed by atoms with Gasteiger partial charge in [0.05, 0.1) is 13.5 Å². The summed E-state index contributed by atoms with van der Waals surface area (Å²) in [6, 6.07) is 0. The molecule has 0 aliphatic carbocycles. The predicted molar refractivity (Wildman–Crippen MR) is 59.4 cm³/mol. The van der Waals surface area contributed by atoms with Crippen molar-refractivity contribution >= 4 is 17.9 Å². The maximum Gasteiger partial charge on any atom is 0.346 e. The minimum atomic E-state index is -1.25. The Hall–Kier alpha value is -1.63. The second kappa shape index (κ2) is 7.65. The first-order chi connectivity index (χ1) is 8.27. The number of hydrogen-bond donors (Lipinski definition) is 1. The lowest BCUT2D eigenvalue weighted by atomic mass is 10.3. The molecule has 0 saturated carbocycles. The number of methoxy groups -OCH3 is 1. The number of hydrogen-bond acceptors (Lipinski definition) is 7. The largest absolute Gasteiger partial charge is 0.466 e. The van der Waals surface area contributed by atoms with Crippen LogP contribution in [0.5, 0.6) is 0 Å². The molecule has 0 fully saturated rings. The minimum Gasteiger partial charge on any atom is -0.466 e. The molecule has 0 spiro atoms. The molecule has 0 aromatic carbocycles. The van der Waals surface area contributed by atoms with Crippen molar-refractivity contribution in [2.45, 2.75) is 45.5 Å². The third kappa shape index (κ3) is 6.19. The summed E-state index contributed by atoms with van der Waals surface area (Å²) >= 11 is 0. The van der Waals surface area contributed by atoms with Crippen LogP contribution >= 0.6 is 0 Å². The van der Waals surface area contributed by atoms with Gasteiger partial charge in [-0.15, -0.1) is 0 Å². The van der Waals surface area contributed by atoms with E-state index in [4.69, 9.17) is 14.6 Å². The van der Waals surface area contributed by atoms with Gasteiger partial charge in [-0.3, -0.25) is 4.79 Å². The quantitative estimate of drug-likeness (QED) is 0.522. The Kier molecular flexibility index (Phi) is 6.96. The highest BCUT2D eigenvalue weighted by molar-refractivity contribution is 5.79. The van der Waals surface area contributed by atoms with E-state index in [1.165, 1.54) is 27.9 Å². The van der Waals surface area contributed by atoms with Crippen molar-refractivity contribution in [2.75, 3.05) is 7.11 Å². The molecule has 3 atom stereocenters. The number of carbonyl (C=O) groups is 3. The summed E-state index contributed by atoms with van der Waals surface area (Å²) in [5.41, 5.74) is 0. The highest BCUT2D eigenvalue weighted by Gasteiger charge is 2.22. The van der Waals surface area contributed by atoms with Crippen LogP contribution < -0.4 is 0 Å². The summed E-state index contributed by atoms with van der Waals surface area (Å²) in [7, 11) is 1.18. The average Bonchev–Trinajstić information content (AvgIpc) is 2.26. The molecule has 0 aliphatic heterocycles. The number of carbonyl (C=O) groups excluding carboxylic acids is 3. The molecule has 1 N–H and O–H groups in total. The van der Waals surface area contributed by atoms with Crippen LogP contribution in [-0.4, -0.2) is 48.4 Å². The van der Waals surface area contributed by atoms with Crippen LogP contribution in [-0.2, 0) is 28.6 Å². The molecule has 7 nitrogen and oxygen atoms in total. The zero-order valence-corrected chi connectivity index (χ0v) is 10.8. The Balaban J connectivity index is 4.09. The predicted octanol–water partition coefficient (Wildman–Crippen LogP) is -0.206. The van der Waals surface area contributed by atoms with Gasteiger partial charge in [-0.2, -0.15) is 0 Å². The lowest BCUT2D eigenvalue weighted by molar-refractivity contribution is -0.169. The van der Waals surface area contributed by atoms with E-state index in [1.807, 2.05) is 0 Å². The van der Waals surface area contributed by atoms with Crippen molar-refractivity contribution in [1.29, 1.82) is 0 Å². The molecule has 0 heterocycles. The maximum atomic E-state index is 11.4. The van der Waals surface area contributed by atoms with Gasteiger partial charge in [0.15, 0.2) is 6.10 Å². The second-order valence-corrected chi connectivity index (χ2v) is 3.78. The number of aliphatic hydroxyl groups is 1. The van der Waals surface area contributed by atoms with E-state index in [2.05, 4.69) is 4.74 Å². The van der Waals surface area contributed by atoms with Crippen molar-refractivity contribution < 1.29 is 33.7 Å². The van der Waals surface area contributed by atoms with E-state index in [9.17, 15) is 14.4 Å². The number of rotatable bonds is 6. The molecule has 0 saturated heterocycles. The molecule has 0 bridgehead atoms. The van der Waals surface area contributed by atoms with Gasteiger partial charge < -0.3 is 19.3 Å². The summed E-state index contributed by atoms with van der Waals surface area (Å²) in [5, 5.41) is 8.90. The monoisotopic (exact) mass is 262 g/mol. The minimum absolute atomic E-state index is 0.209. The Morgan fingerprint density at radius 2 is 1.61 bits per heavy atom. The van der Waals surface area contributed by atoms with E-state index < -0.39 is 36.2 Å². The molecule has 0 amide bonds. The highest BCUT2D eigenvalue weighted by Crippen LogP contribution is 2.04. The van der Waals surface area contributed by atoms with Crippen LogP contribution in [0.25, 0.3) is 0 Å². The fraction of sp³-hybridized carbons (Fsp3) is 0.727. The van der Waals surface area contributed by atoms with Crippen LogP contribution in [0.4, 0.5) is 0 Å². The smallest absolute Gasteiger partial charge is 0.346 e. The van der Waals surface area contributed by atoms with Crippen molar-refractivity contribution in [3.63, 3.8) is 0 Å². The zero-order chi connectivity index (χ0) is 14.3. The van der Waals surface area contributed by atoms with Crippen LogP contribution in [0.2, 0.25) is 0 Å². The first-order valence-corrected chi connectivity index (χ1v) is 5.43. The average molecular weight is 262 g/mol. The van der Waals surface area contributed by atoms with Gasteiger partial charge >= 0.3 is 17.9 Å². The van der Waals surface area contributed by atoms with E-state index in [1.54, 1.807) is 0 Å². The molecule has 0 radical (unpaired) electrons. The summed E-state index contributed by atoms with van der Waals surface area (Å²) in [6.45, 7) is 4.10. The van der Waals surface area contributed by atoms with Crippen molar-refractivity contribution in [1.82, 2.24) is 0 Å². The molecular weight excluding hydrogens is 244 g/mol. The van der Waals surface area contributed by atoms with E-state index >= 15 is 0 Å². The topological polar surface area (TPSA) is 99.1 Å². The molecule has 0 rings (SSSR count). The Labute approximate surface area is 105 Å². The highest BCUT2D eigenvalue weighted by atomic mass is 16.6. The molecule has 0 aromatic rings. The van der Waals surface area contributed by atoms with Crippen molar-refractivity contribution in [3.05, 3.63) is 0 Å². The zero-order valence-electron chi connectivity index (χ0n) is 10.8. The molecule has 0 aromatic heterocycles. The second-order valence-electron chi connectivity index (χ2n) is 3.78. The van der Waals surface area contributed by atoms with Gasteiger partial charge in [-0.05, 0) is 20.8 Å². The summed E-state index contributed by atoms with van der Waals surface area (Å²) in [4.78, 5) is 33.3. The summed E-state index contributed by atoms with van der Waals surface area (Å²) in [6.07, 6.45) is -3.22.